The van der Waals surface area contributed by atoms with E-state index in [-0.39, 0.29) is 17.9 Å². The minimum atomic E-state index is -1.83. The molecule has 0 aliphatic rings. The fourth-order valence-corrected chi connectivity index (χ4v) is 3.14. The summed E-state index contributed by atoms with van der Waals surface area (Å²) < 4.78 is 10.2. The first-order valence-corrected chi connectivity index (χ1v) is 11.1. The molecule has 0 spiro atoms. The summed E-state index contributed by atoms with van der Waals surface area (Å²) >= 11 is 3.22. The molecule has 23 heavy (non-hydrogen) atoms. The van der Waals surface area contributed by atoms with Crippen molar-refractivity contribution in [2.75, 3.05) is 14.2 Å². The zero-order valence-corrected chi connectivity index (χ0v) is 17.7. The monoisotopic (exact) mass is 402 g/mol. The topological polar surface area (TPSA) is 52.6 Å². The summed E-state index contributed by atoms with van der Waals surface area (Å²) in [5.74, 6) is 1.74. The molecule has 0 saturated carbocycles. The van der Waals surface area contributed by atoms with Gasteiger partial charge in [-0.3, -0.25) is 9.59 Å². The number of esters is 2. The highest BCUT2D eigenvalue weighted by molar-refractivity contribution is 9.11. The second kappa shape index (κ2) is 8.16. The average Bonchev–Trinajstić information content (AvgIpc) is 2.42. The van der Waals surface area contributed by atoms with Crippen LogP contribution in [0.25, 0.3) is 0 Å². The van der Waals surface area contributed by atoms with E-state index in [9.17, 15) is 9.59 Å². The van der Waals surface area contributed by atoms with Crippen molar-refractivity contribution in [2.45, 2.75) is 51.7 Å². The minimum absolute atomic E-state index is 0.0451. The van der Waals surface area contributed by atoms with Crippen LogP contribution in [0.15, 0.2) is 11.1 Å². The normalized spacial score (nSPS) is 12.0. The lowest BCUT2D eigenvalue weighted by Crippen LogP contribution is -2.41. The van der Waals surface area contributed by atoms with E-state index in [1.807, 2.05) is 0 Å². The van der Waals surface area contributed by atoms with E-state index in [2.05, 4.69) is 67.8 Å². The molecule has 0 saturated heterocycles. The molecule has 0 amide bonds. The quantitative estimate of drug-likeness (QED) is 0.301. The third-order valence-electron chi connectivity index (χ3n) is 4.31. The van der Waals surface area contributed by atoms with Crippen LogP contribution in [-0.2, 0) is 19.1 Å². The van der Waals surface area contributed by atoms with E-state index in [0.29, 0.717) is 4.48 Å². The standard InChI is InChI=1S/C17H27BrO4Si/c1-13(18)12-17(14(19)21-5,15(20)22-6)10-9-11-23(7,8)16(2,3)4/h1,10,12H2,2-8H3. The van der Waals surface area contributed by atoms with Gasteiger partial charge in [-0.1, -0.05) is 56.4 Å². The zero-order chi connectivity index (χ0) is 18.5. The van der Waals surface area contributed by atoms with Gasteiger partial charge in [0.2, 0.25) is 0 Å². The Bertz CT molecular complexity index is 519. The van der Waals surface area contributed by atoms with Crippen molar-refractivity contribution in [2.24, 2.45) is 5.41 Å². The van der Waals surface area contributed by atoms with Crippen molar-refractivity contribution in [1.29, 1.82) is 0 Å². The fourth-order valence-electron chi connectivity index (χ4n) is 1.76. The van der Waals surface area contributed by atoms with Crippen LogP contribution in [0.5, 0.6) is 0 Å². The van der Waals surface area contributed by atoms with Gasteiger partial charge in [0.05, 0.1) is 14.2 Å². The summed E-state index contributed by atoms with van der Waals surface area (Å²) in [4.78, 5) is 24.6. The molecule has 0 aromatic carbocycles. The summed E-state index contributed by atoms with van der Waals surface area (Å²) in [5, 5.41) is 0.0954. The molecule has 6 heteroatoms. The van der Waals surface area contributed by atoms with Crippen LogP contribution in [0.2, 0.25) is 18.1 Å². The first-order valence-electron chi connectivity index (χ1n) is 7.34. The first-order chi connectivity index (χ1) is 10.3. The maximum absolute atomic E-state index is 12.3. The average molecular weight is 403 g/mol. The number of methoxy groups -OCH3 is 2. The second-order valence-corrected chi connectivity index (χ2v) is 13.2. The van der Waals surface area contributed by atoms with Gasteiger partial charge in [-0.15, -0.1) is 11.5 Å². The summed E-state index contributed by atoms with van der Waals surface area (Å²) in [6.45, 7) is 14.5. The van der Waals surface area contributed by atoms with Crippen LogP contribution in [0.1, 0.15) is 33.6 Å². The van der Waals surface area contributed by atoms with Gasteiger partial charge in [-0.2, -0.15) is 0 Å². The number of allylic oxidation sites excluding steroid dienone is 1. The van der Waals surface area contributed by atoms with Gasteiger partial charge in [-0.25, -0.2) is 0 Å². The Kier molecular flexibility index (Phi) is 7.78. The second-order valence-electron chi connectivity index (χ2n) is 7.11. The third-order valence-corrected chi connectivity index (χ3v) is 9.14. The predicted octanol–water partition coefficient (Wildman–Crippen LogP) is 4.06. The van der Waals surface area contributed by atoms with E-state index in [1.54, 1.807) is 0 Å². The molecular formula is C17H27BrO4Si. The summed E-state index contributed by atoms with van der Waals surface area (Å²) in [6, 6.07) is 0. The molecule has 0 bridgehead atoms. The zero-order valence-electron chi connectivity index (χ0n) is 15.1. The molecule has 0 radical (unpaired) electrons. The summed E-state index contributed by atoms with van der Waals surface area (Å²) in [7, 11) is 0.663. The maximum atomic E-state index is 12.3. The Morgan fingerprint density at radius 1 is 1.13 bits per heavy atom. The molecular weight excluding hydrogens is 376 g/mol. The first kappa shape index (κ1) is 21.9. The highest BCUT2D eigenvalue weighted by atomic mass is 79.9. The van der Waals surface area contributed by atoms with Crippen LogP contribution < -0.4 is 0 Å². The Balaban J connectivity index is 5.79. The van der Waals surface area contributed by atoms with Gasteiger partial charge in [0.15, 0.2) is 5.41 Å². The number of ether oxygens (including phenoxy) is 2. The molecule has 4 nitrogen and oxygen atoms in total. The van der Waals surface area contributed by atoms with Crippen molar-refractivity contribution < 1.29 is 19.1 Å². The number of carbonyl (C=O) groups excluding carboxylic acids is 2. The molecule has 0 fully saturated rings. The van der Waals surface area contributed by atoms with Gasteiger partial charge in [-0.05, 0) is 9.52 Å². The van der Waals surface area contributed by atoms with E-state index >= 15 is 0 Å². The Morgan fingerprint density at radius 3 is 1.87 bits per heavy atom. The smallest absolute Gasteiger partial charge is 0.324 e. The number of rotatable bonds is 5. The van der Waals surface area contributed by atoms with Crippen LogP contribution in [0, 0.1) is 16.9 Å². The van der Waals surface area contributed by atoms with Crippen molar-refractivity contribution in [3.8, 4) is 11.5 Å². The van der Waals surface area contributed by atoms with Crippen LogP contribution in [0.3, 0.4) is 0 Å². The van der Waals surface area contributed by atoms with E-state index in [1.165, 1.54) is 14.2 Å². The lowest BCUT2D eigenvalue weighted by atomic mass is 9.81. The molecule has 130 valence electrons. The Morgan fingerprint density at radius 2 is 1.57 bits per heavy atom. The highest BCUT2D eigenvalue weighted by Gasteiger charge is 2.48. The summed E-state index contributed by atoms with van der Waals surface area (Å²) in [6.07, 6.45) is 0.127. The molecule has 0 unspecified atom stereocenters. The Hall–Kier alpha value is -1.06. The molecule has 0 heterocycles. The molecule has 0 rings (SSSR count). The van der Waals surface area contributed by atoms with Crippen LogP contribution in [-0.4, -0.2) is 34.2 Å². The highest BCUT2D eigenvalue weighted by Crippen LogP contribution is 2.37. The van der Waals surface area contributed by atoms with E-state index in [4.69, 9.17) is 9.47 Å². The largest absolute Gasteiger partial charge is 0.468 e. The lowest BCUT2D eigenvalue weighted by Gasteiger charge is -2.32. The van der Waals surface area contributed by atoms with E-state index < -0.39 is 25.4 Å². The third kappa shape index (κ3) is 5.50. The van der Waals surface area contributed by atoms with Gasteiger partial charge in [0, 0.05) is 12.8 Å². The van der Waals surface area contributed by atoms with Crippen LogP contribution in [0.4, 0.5) is 0 Å². The number of hydrogen-bond acceptors (Lipinski definition) is 4. The fraction of sp³-hybridized carbons (Fsp3) is 0.647. The van der Waals surface area contributed by atoms with Crippen molar-refractivity contribution >= 4 is 35.9 Å². The molecule has 0 aromatic heterocycles. The molecule has 0 aromatic rings. The van der Waals surface area contributed by atoms with Gasteiger partial charge in [0.25, 0.3) is 0 Å². The van der Waals surface area contributed by atoms with Crippen molar-refractivity contribution in [1.82, 2.24) is 0 Å². The van der Waals surface area contributed by atoms with Crippen LogP contribution >= 0.6 is 15.9 Å². The molecule has 0 aliphatic carbocycles. The minimum Gasteiger partial charge on any atom is -0.468 e. The molecule has 0 aliphatic heterocycles. The number of halogens is 1. The maximum Gasteiger partial charge on any atom is 0.324 e. The summed E-state index contributed by atoms with van der Waals surface area (Å²) in [5.41, 5.74) is 1.83. The molecule has 0 N–H and O–H groups in total. The van der Waals surface area contributed by atoms with Gasteiger partial charge < -0.3 is 9.47 Å². The Labute approximate surface area is 149 Å². The predicted molar refractivity (Wildman–Crippen MR) is 98.7 cm³/mol. The number of hydrogen-bond donors (Lipinski definition) is 0. The lowest BCUT2D eigenvalue weighted by molar-refractivity contribution is -0.168. The molecule has 0 atom stereocenters. The number of carbonyl (C=O) groups is 2. The van der Waals surface area contributed by atoms with Gasteiger partial charge in [0.1, 0.15) is 8.07 Å². The van der Waals surface area contributed by atoms with Gasteiger partial charge >= 0.3 is 11.9 Å². The van der Waals surface area contributed by atoms with Crippen molar-refractivity contribution in [3.05, 3.63) is 11.1 Å². The van der Waals surface area contributed by atoms with E-state index in [0.717, 1.165) is 0 Å². The van der Waals surface area contributed by atoms with Crippen molar-refractivity contribution in [3.63, 3.8) is 0 Å². The SMILES string of the molecule is C=C(Br)CC(CC#C[Si](C)(C)C(C)(C)C)(C(=O)OC)C(=O)OC.